The maximum Gasteiger partial charge on any atom is 0.241 e. The van der Waals surface area contributed by atoms with Gasteiger partial charge in [-0.2, -0.15) is 0 Å². The summed E-state index contributed by atoms with van der Waals surface area (Å²) < 4.78 is 1.97. The van der Waals surface area contributed by atoms with Gasteiger partial charge in [-0.25, -0.2) is 4.98 Å². The van der Waals surface area contributed by atoms with E-state index in [1.807, 2.05) is 41.6 Å². The van der Waals surface area contributed by atoms with Gasteiger partial charge in [0, 0.05) is 38.2 Å². The van der Waals surface area contributed by atoms with Crippen LogP contribution >= 0.6 is 11.6 Å². The number of hydrogen-bond acceptors (Lipinski definition) is 4. The molecular weight excluding hydrogens is 436 g/mol. The number of carbonyl (C=O) groups is 1. The molecule has 0 unspecified atom stereocenters. The summed E-state index contributed by atoms with van der Waals surface area (Å²) >= 11 is 6.85. The molecule has 2 aromatic rings. The van der Waals surface area contributed by atoms with E-state index in [-0.39, 0.29) is 5.91 Å². The van der Waals surface area contributed by atoms with E-state index in [0.717, 1.165) is 54.4 Å². The molecule has 1 saturated carbocycles. The third-order valence-corrected chi connectivity index (χ3v) is 6.57. The van der Waals surface area contributed by atoms with Gasteiger partial charge in [-0.3, -0.25) is 14.7 Å². The van der Waals surface area contributed by atoms with Crippen LogP contribution in [0, 0.1) is 0 Å². The van der Waals surface area contributed by atoms with Crippen LogP contribution in [0.4, 0.5) is 5.69 Å². The highest BCUT2D eigenvalue weighted by atomic mass is 35.5. The van der Waals surface area contributed by atoms with Crippen molar-refractivity contribution in [3.63, 3.8) is 0 Å². The number of hydrogen-bond donors (Lipinski definition) is 1. The number of aryl methyl sites for hydroxylation is 2. The third-order valence-electron chi connectivity index (χ3n) is 6.13. The van der Waals surface area contributed by atoms with Crippen molar-refractivity contribution in [1.82, 2.24) is 19.8 Å². The van der Waals surface area contributed by atoms with E-state index in [1.54, 1.807) is 6.20 Å². The predicted molar refractivity (Wildman–Crippen MR) is 134 cm³/mol. The number of nitrogens with zero attached hydrogens (tertiary/aromatic N) is 5. The van der Waals surface area contributed by atoms with E-state index >= 15 is 0 Å². The lowest BCUT2D eigenvalue weighted by molar-refractivity contribution is -0.120. The number of benzene rings is 1. The fraction of sp³-hybridized carbons (Fsp3) is 0.480. The van der Waals surface area contributed by atoms with E-state index in [1.165, 1.54) is 5.56 Å². The summed E-state index contributed by atoms with van der Waals surface area (Å²) in [6.07, 6.45) is 9.65. The summed E-state index contributed by atoms with van der Waals surface area (Å²) in [4.78, 5) is 25.8. The van der Waals surface area contributed by atoms with Crippen LogP contribution in [-0.2, 0) is 24.7 Å². The van der Waals surface area contributed by atoms with Gasteiger partial charge in [0.1, 0.15) is 0 Å². The number of piperazine rings is 1. The molecule has 2 heterocycles. The number of amides is 1. The van der Waals surface area contributed by atoms with Gasteiger partial charge in [0.05, 0.1) is 23.3 Å². The number of aromatic nitrogens is 2. The molecule has 1 saturated heterocycles. The van der Waals surface area contributed by atoms with Crippen molar-refractivity contribution < 1.29 is 4.79 Å². The van der Waals surface area contributed by atoms with E-state index in [0.29, 0.717) is 30.6 Å². The SMILES string of the molecule is CCc1cc(C/C=C(/C)NC(=NC2CC2)c2nccn2C)c(Cl)c(N2CCN(C)CC2=O)c1. The fourth-order valence-electron chi connectivity index (χ4n) is 3.95. The molecule has 2 fully saturated rings. The molecule has 1 aliphatic carbocycles. The number of likely N-dealkylation sites (N-methyl/N-ethyl adjacent to an activating group) is 1. The molecule has 8 heteroatoms. The standard InChI is InChI=1S/C25H33ClN6O/c1-5-18-14-19(23(26)21(15-18)32-13-12-30(3)16-22(32)33)7-6-17(2)28-24(29-20-8-9-20)25-27-10-11-31(25)4/h6,10-11,14-15,20H,5,7-9,12-13,16H2,1-4H3,(H,28,29)/b17-6-. The Kier molecular flexibility index (Phi) is 7.20. The molecule has 1 aromatic carbocycles. The minimum absolute atomic E-state index is 0.0919. The Morgan fingerprint density at radius 3 is 2.73 bits per heavy atom. The number of imidazole rings is 1. The van der Waals surface area contributed by atoms with Crippen molar-refractivity contribution in [3.05, 3.63) is 58.3 Å². The van der Waals surface area contributed by atoms with E-state index in [9.17, 15) is 4.79 Å². The fourth-order valence-corrected chi connectivity index (χ4v) is 4.24. The molecule has 0 atom stereocenters. The second-order valence-corrected chi connectivity index (χ2v) is 9.39. The molecule has 33 heavy (non-hydrogen) atoms. The average Bonchev–Trinajstić information content (AvgIpc) is 3.50. The highest BCUT2D eigenvalue weighted by molar-refractivity contribution is 6.34. The molecular formula is C25H33ClN6O. The topological polar surface area (TPSA) is 65.8 Å². The first-order chi connectivity index (χ1) is 15.9. The van der Waals surface area contributed by atoms with Crippen LogP contribution < -0.4 is 10.2 Å². The minimum atomic E-state index is 0.0919. The van der Waals surface area contributed by atoms with Gasteiger partial charge in [0.15, 0.2) is 11.7 Å². The van der Waals surface area contributed by atoms with Crippen LogP contribution in [0.1, 0.15) is 43.6 Å². The number of halogens is 1. The van der Waals surface area contributed by atoms with Crippen LogP contribution in [-0.4, -0.2) is 58.9 Å². The lowest BCUT2D eigenvalue weighted by Crippen LogP contribution is -2.49. The minimum Gasteiger partial charge on any atom is -0.342 e. The number of nitrogens with one attached hydrogen (secondary N) is 1. The molecule has 0 radical (unpaired) electrons. The molecule has 2 aliphatic rings. The van der Waals surface area contributed by atoms with Crippen LogP contribution in [0.25, 0.3) is 0 Å². The molecule has 7 nitrogen and oxygen atoms in total. The molecule has 4 rings (SSSR count). The summed E-state index contributed by atoms with van der Waals surface area (Å²) in [6.45, 7) is 6.07. The maximum absolute atomic E-state index is 12.7. The zero-order valence-corrected chi connectivity index (χ0v) is 20.7. The summed E-state index contributed by atoms with van der Waals surface area (Å²) in [7, 11) is 3.94. The predicted octanol–water partition coefficient (Wildman–Crippen LogP) is 3.56. The third kappa shape index (κ3) is 5.65. The molecule has 176 valence electrons. The number of carbonyl (C=O) groups excluding carboxylic acids is 1. The smallest absolute Gasteiger partial charge is 0.241 e. The van der Waals surface area contributed by atoms with Crippen molar-refractivity contribution in [2.75, 3.05) is 31.6 Å². The Balaban J connectivity index is 1.55. The van der Waals surface area contributed by atoms with E-state index < -0.39 is 0 Å². The lowest BCUT2D eigenvalue weighted by atomic mass is 10.0. The Bertz CT molecular complexity index is 1080. The first kappa shape index (κ1) is 23.5. The van der Waals surface area contributed by atoms with Gasteiger partial charge < -0.3 is 14.8 Å². The molecule has 0 bridgehead atoms. The molecule has 1 N–H and O–H groups in total. The second kappa shape index (κ2) is 10.1. The largest absolute Gasteiger partial charge is 0.342 e. The van der Waals surface area contributed by atoms with Gasteiger partial charge in [0.25, 0.3) is 0 Å². The zero-order chi connectivity index (χ0) is 23.5. The van der Waals surface area contributed by atoms with E-state index in [2.05, 4.69) is 35.4 Å². The molecule has 1 aromatic heterocycles. The number of anilines is 1. The van der Waals surface area contributed by atoms with Crippen LogP contribution in [0.5, 0.6) is 0 Å². The average molecular weight is 469 g/mol. The Morgan fingerprint density at radius 2 is 2.09 bits per heavy atom. The van der Waals surface area contributed by atoms with Crippen molar-refractivity contribution in [2.24, 2.45) is 12.0 Å². The van der Waals surface area contributed by atoms with Gasteiger partial charge >= 0.3 is 0 Å². The second-order valence-electron chi connectivity index (χ2n) is 9.01. The van der Waals surface area contributed by atoms with Crippen molar-refractivity contribution in [1.29, 1.82) is 0 Å². The van der Waals surface area contributed by atoms with Gasteiger partial charge in [-0.05, 0) is 56.8 Å². The highest BCUT2D eigenvalue weighted by Crippen LogP contribution is 2.33. The van der Waals surface area contributed by atoms with E-state index in [4.69, 9.17) is 16.6 Å². The van der Waals surface area contributed by atoms with Gasteiger partial charge in [-0.1, -0.05) is 30.7 Å². The summed E-state index contributed by atoms with van der Waals surface area (Å²) in [5.74, 6) is 1.72. The van der Waals surface area contributed by atoms with Gasteiger partial charge in [0.2, 0.25) is 5.91 Å². The maximum atomic E-state index is 12.7. The Labute approximate surface area is 201 Å². The lowest BCUT2D eigenvalue weighted by Gasteiger charge is -2.33. The zero-order valence-electron chi connectivity index (χ0n) is 19.9. The van der Waals surface area contributed by atoms with Crippen LogP contribution in [0.15, 0.2) is 41.3 Å². The molecule has 1 aliphatic heterocycles. The number of amidine groups is 1. The van der Waals surface area contributed by atoms with Crippen LogP contribution in [0.2, 0.25) is 5.02 Å². The monoisotopic (exact) mass is 468 g/mol. The van der Waals surface area contributed by atoms with Crippen LogP contribution in [0.3, 0.4) is 0 Å². The van der Waals surface area contributed by atoms with Crippen molar-refractivity contribution >= 4 is 29.0 Å². The molecule has 1 amide bonds. The number of aliphatic imine (C=N–C) groups is 1. The Morgan fingerprint density at radius 1 is 1.30 bits per heavy atom. The van der Waals surface area contributed by atoms with Crippen molar-refractivity contribution in [2.45, 2.75) is 45.6 Å². The van der Waals surface area contributed by atoms with Gasteiger partial charge in [-0.15, -0.1) is 0 Å². The quantitative estimate of drug-likeness (QED) is 0.498. The number of allylic oxidation sites excluding steroid dienone is 2. The Hall–Kier alpha value is -2.64. The summed E-state index contributed by atoms with van der Waals surface area (Å²) in [5, 5.41) is 4.11. The molecule has 0 spiro atoms. The van der Waals surface area contributed by atoms with Crippen molar-refractivity contribution in [3.8, 4) is 0 Å². The summed E-state index contributed by atoms with van der Waals surface area (Å²) in [5.41, 5.74) is 4.02. The first-order valence-corrected chi connectivity index (χ1v) is 12.0. The summed E-state index contributed by atoms with van der Waals surface area (Å²) in [6, 6.07) is 4.59. The first-order valence-electron chi connectivity index (χ1n) is 11.6. The number of rotatable bonds is 7. The normalized spacial score (nSPS) is 18.2. The highest BCUT2D eigenvalue weighted by Gasteiger charge is 2.26.